The lowest BCUT2D eigenvalue weighted by atomic mass is 9.77. The SMILES string of the molecule is CCC1(CO)CCN(C(=O)NCc2cscn2)CC1. The third kappa shape index (κ3) is 3.45. The number of carbonyl (C=O) groups excluding carboxylic acids is 1. The maximum Gasteiger partial charge on any atom is 0.317 e. The molecule has 2 rings (SSSR count). The molecule has 1 aliphatic rings. The van der Waals surface area contributed by atoms with Crippen LogP contribution in [0.1, 0.15) is 31.9 Å². The van der Waals surface area contributed by atoms with E-state index in [0.717, 1.165) is 38.0 Å². The van der Waals surface area contributed by atoms with Gasteiger partial charge in [-0.1, -0.05) is 6.92 Å². The molecule has 1 aliphatic heterocycles. The number of aliphatic hydroxyl groups excluding tert-OH is 1. The van der Waals surface area contributed by atoms with E-state index >= 15 is 0 Å². The van der Waals surface area contributed by atoms with Crippen LogP contribution in [0.2, 0.25) is 0 Å². The van der Waals surface area contributed by atoms with Gasteiger partial charge in [0.15, 0.2) is 0 Å². The molecule has 5 nitrogen and oxygen atoms in total. The first-order valence-corrected chi connectivity index (χ1v) is 7.64. The van der Waals surface area contributed by atoms with Gasteiger partial charge in [-0.15, -0.1) is 11.3 Å². The smallest absolute Gasteiger partial charge is 0.317 e. The zero-order chi connectivity index (χ0) is 13.7. The summed E-state index contributed by atoms with van der Waals surface area (Å²) in [6, 6.07) is -0.0318. The van der Waals surface area contributed by atoms with Gasteiger partial charge in [0, 0.05) is 25.1 Å². The largest absolute Gasteiger partial charge is 0.396 e. The van der Waals surface area contributed by atoms with Crippen molar-refractivity contribution in [3.05, 3.63) is 16.6 Å². The molecule has 6 heteroatoms. The van der Waals surface area contributed by atoms with E-state index in [1.54, 1.807) is 5.51 Å². The quantitative estimate of drug-likeness (QED) is 0.886. The molecule has 0 saturated carbocycles. The van der Waals surface area contributed by atoms with Crippen LogP contribution in [-0.2, 0) is 6.54 Å². The summed E-state index contributed by atoms with van der Waals surface area (Å²) < 4.78 is 0. The highest BCUT2D eigenvalue weighted by Crippen LogP contribution is 2.34. The van der Waals surface area contributed by atoms with E-state index in [1.165, 1.54) is 11.3 Å². The van der Waals surface area contributed by atoms with Crippen molar-refractivity contribution in [3.63, 3.8) is 0 Å². The lowest BCUT2D eigenvalue weighted by Gasteiger charge is -2.40. The Morgan fingerprint density at radius 1 is 1.58 bits per heavy atom. The van der Waals surface area contributed by atoms with Gasteiger partial charge in [0.1, 0.15) is 0 Å². The van der Waals surface area contributed by atoms with Crippen LogP contribution >= 0.6 is 11.3 Å². The number of hydrogen-bond acceptors (Lipinski definition) is 4. The van der Waals surface area contributed by atoms with Crippen molar-refractivity contribution in [1.82, 2.24) is 15.2 Å². The fraction of sp³-hybridized carbons (Fsp3) is 0.692. The number of hydrogen-bond donors (Lipinski definition) is 2. The summed E-state index contributed by atoms with van der Waals surface area (Å²) in [4.78, 5) is 18.0. The number of nitrogens with zero attached hydrogens (tertiary/aromatic N) is 2. The molecule has 0 unspecified atom stereocenters. The first kappa shape index (κ1) is 14.3. The number of rotatable bonds is 4. The Kier molecular flexibility index (Phi) is 4.76. The van der Waals surface area contributed by atoms with Crippen LogP contribution in [0.3, 0.4) is 0 Å². The molecule has 0 radical (unpaired) electrons. The van der Waals surface area contributed by atoms with Crippen LogP contribution < -0.4 is 5.32 Å². The molecule has 2 heterocycles. The zero-order valence-corrected chi connectivity index (χ0v) is 12.1. The maximum absolute atomic E-state index is 12.0. The third-order valence-corrected chi connectivity index (χ3v) is 4.74. The van der Waals surface area contributed by atoms with Gasteiger partial charge in [-0.05, 0) is 24.7 Å². The number of urea groups is 1. The van der Waals surface area contributed by atoms with Crippen molar-refractivity contribution in [3.8, 4) is 0 Å². The Hall–Kier alpha value is -1.14. The monoisotopic (exact) mass is 283 g/mol. The molecule has 0 atom stereocenters. The summed E-state index contributed by atoms with van der Waals surface area (Å²) in [5, 5.41) is 14.3. The summed E-state index contributed by atoms with van der Waals surface area (Å²) in [6.45, 7) is 4.25. The molecule has 0 aliphatic carbocycles. The molecule has 0 aromatic carbocycles. The fourth-order valence-corrected chi connectivity index (χ4v) is 2.97. The Bertz CT molecular complexity index is 394. The first-order chi connectivity index (χ1) is 9.19. The van der Waals surface area contributed by atoms with Crippen molar-refractivity contribution in [2.75, 3.05) is 19.7 Å². The van der Waals surface area contributed by atoms with Gasteiger partial charge >= 0.3 is 6.03 Å². The lowest BCUT2D eigenvalue weighted by Crippen LogP contribution is -2.48. The highest BCUT2D eigenvalue weighted by atomic mass is 32.1. The van der Waals surface area contributed by atoms with E-state index in [4.69, 9.17) is 0 Å². The van der Waals surface area contributed by atoms with E-state index in [1.807, 2.05) is 10.3 Å². The average molecular weight is 283 g/mol. The van der Waals surface area contributed by atoms with E-state index in [-0.39, 0.29) is 18.1 Å². The van der Waals surface area contributed by atoms with Crippen molar-refractivity contribution in [2.45, 2.75) is 32.7 Å². The number of nitrogens with one attached hydrogen (secondary N) is 1. The molecule has 2 amide bonds. The number of piperidine rings is 1. The third-order valence-electron chi connectivity index (χ3n) is 4.10. The fourth-order valence-electron chi connectivity index (χ4n) is 2.41. The first-order valence-electron chi connectivity index (χ1n) is 6.70. The zero-order valence-electron chi connectivity index (χ0n) is 11.3. The highest BCUT2D eigenvalue weighted by Gasteiger charge is 2.33. The van der Waals surface area contributed by atoms with Crippen LogP contribution in [0.4, 0.5) is 4.79 Å². The molecule has 1 aromatic heterocycles. The topological polar surface area (TPSA) is 65.5 Å². The number of thiazole rings is 1. The van der Waals surface area contributed by atoms with Crippen LogP contribution in [0, 0.1) is 5.41 Å². The van der Waals surface area contributed by atoms with Crippen LogP contribution in [0.25, 0.3) is 0 Å². The van der Waals surface area contributed by atoms with Crippen molar-refractivity contribution in [2.24, 2.45) is 5.41 Å². The molecular formula is C13H21N3O2S. The van der Waals surface area contributed by atoms with Crippen molar-refractivity contribution < 1.29 is 9.90 Å². The van der Waals surface area contributed by atoms with Crippen LogP contribution in [-0.4, -0.2) is 40.7 Å². The molecule has 0 spiro atoms. The molecule has 1 saturated heterocycles. The number of amides is 2. The predicted octanol–water partition coefficient (Wildman–Crippen LogP) is 1.84. The molecule has 1 aromatic rings. The number of likely N-dealkylation sites (tertiary alicyclic amines) is 1. The van der Waals surface area contributed by atoms with E-state index in [0.29, 0.717) is 6.54 Å². The summed E-state index contributed by atoms with van der Waals surface area (Å²) >= 11 is 1.53. The maximum atomic E-state index is 12.0. The van der Waals surface area contributed by atoms with Crippen molar-refractivity contribution in [1.29, 1.82) is 0 Å². The lowest BCUT2D eigenvalue weighted by molar-refractivity contribution is 0.0519. The second-order valence-corrected chi connectivity index (χ2v) is 5.86. The standard InChI is InChI=1S/C13H21N3O2S/c1-2-13(9-17)3-5-16(6-4-13)12(18)14-7-11-8-19-10-15-11/h8,10,17H,2-7,9H2,1H3,(H,14,18). The van der Waals surface area contributed by atoms with Crippen molar-refractivity contribution >= 4 is 17.4 Å². The molecule has 1 fully saturated rings. The normalized spacial score (nSPS) is 18.3. The van der Waals surface area contributed by atoms with Crippen LogP contribution in [0.5, 0.6) is 0 Å². The summed E-state index contributed by atoms with van der Waals surface area (Å²) in [5.74, 6) is 0. The second-order valence-electron chi connectivity index (χ2n) is 5.14. The molecule has 19 heavy (non-hydrogen) atoms. The predicted molar refractivity (Wildman–Crippen MR) is 75.0 cm³/mol. The van der Waals surface area contributed by atoms with E-state index < -0.39 is 0 Å². The van der Waals surface area contributed by atoms with E-state index in [2.05, 4.69) is 17.2 Å². The minimum absolute atomic E-state index is 0.0195. The summed E-state index contributed by atoms with van der Waals surface area (Å²) in [6.07, 6.45) is 2.73. The van der Waals surface area contributed by atoms with Gasteiger partial charge in [-0.2, -0.15) is 0 Å². The Morgan fingerprint density at radius 2 is 2.32 bits per heavy atom. The number of aromatic nitrogens is 1. The number of aliphatic hydroxyl groups is 1. The highest BCUT2D eigenvalue weighted by molar-refractivity contribution is 7.07. The van der Waals surface area contributed by atoms with Gasteiger partial charge in [-0.3, -0.25) is 0 Å². The number of carbonyl (C=O) groups is 1. The van der Waals surface area contributed by atoms with Gasteiger partial charge in [-0.25, -0.2) is 9.78 Å². The summed E-state index contributed by atoms with van der Waals surface area (Å²) in [7, 11) is 0. The molecule has 2 N–H and O–H groups in total. The molecule has 106 valence electrons. The van der Waals surface area contributed by atoms with Gasteiger partial charge in [0.2, 0.25) is 0 Å². The molecule has 0 bridgehead atoms. The average Bonchev–Trinajstić information content (AvgIpc) is 2.98. The second kappa shape index (κ2) is 6.34. The van der Waals surface area contributed by atoms with E-state index in [9.17, 15) is 9.90 Å². The Balaban J connectivity index is 1.79. The summed E-state index contributed by atoms with van der Waals surface area (Å²) in [5.41, 5.74) is 2.68. The van der Waals surface area contributed by atoms with Gasteiger partial charge < -0.3 is 15.3 Å². The minimum atomic E-state index is -0.0318. The minimum Gasteiger partial charge on any atom is -0.396 e. The molecular weight excluding hydrogens is 262 g/mol. The van der Waals surface area contributed by atoms with Gasteiger partial charge in [0.25, 0.3) is 0 Å². The Labute approximate surface area is 117 Å². The van der Waals surface area contributed by atoms with Gasteiger partial charge in [0.05, 0.1) is 17.7 Å². The Morgan fingerprint density at radius 3 is 2.84 bits per heavy atom. The van der Waals surface area contributed by atoms with Crippen LogP contribution in [0.15, 0.2) is 10.9 Å².